The molecule has 8 heteroatoms. The minimum absolute atomic E-state index is 0.0992. The Labute approximate surface area is 195 Å². The quantitative estimate of drug-likeness (QED) is 0.600. The number of carbonyl (C=O) groups excluding carboxylic acids is 1. The number of likely N-dealkylation sites (tertiary alicyclic amines) is 1. The monoisotopic (exact) mass is 473 g/mol. The van der Waals surface area contributed by atoms with Crippen molar-refractivity contribution in [3.8, 4) is 11.5 Å². The Kier molecular flexibility index (Phi) is 7.12. The molecule has 2 fully saturated rings. The van der Waals surface area contributed by atoms with E-state index in [-0.39, 0.29) is 31.7 Å². The summed E-state index contributed by atoms with van der Waals surface area (Å²) in [6.07, 6.45) is 5.16. The molecule has 4 rings (SSSR count). The molecule has 2 aliphatic rings. The summed E-state index contributed by atoms with van der Waals surface area (Å²) in [4.78, 5) is 14.2. The zero-order valence-corrected chi connectivity index (χ0v) is 19.9. The first-order valence-electron chi connectivity index (χ1n) is 11.3. The molecule has 2 aromatic rings. The van der Waals surface area contributed by atoms with Crippen LogP contribution in [-0.4, -0.2) is 57.2 Å². The van der Waals surface area contributed by atoms with E-state index in [1.807, 2.05) is 48.5 Å². The molecule has 2 unspecified atom stereocenters. The first-order valence-corrected chi connectivity index (χ1v) is 13.3. The van der Waals surface area contributed by atoms with Gasteiger partial charge in [0.15, 0.2) is 21.3 Å². The molecule has 1 aliphatic heterocycles. The number of rotatable bonds is 7. The molecular weight excluding hydrogens is 442 g/mol. The first kappa shape index (κ1) is 23.4. The number of hydrogen-bond acceptors (Lipinski definition) is 6. The van der Waals surface area contributed by atoms with Crippen LogP contribution in [0.5, 0.6) is 11.5 Å². The minimum atomic E-state index is -3.41. The van der Waals surface area contributed by atoms with E-state index in [2.05, 4.69) is 0 Å². The number of nitrogens with zero attached hydrogens (tertiary/aromatic N) is 1. The summed E-state index contributed by atoms with van der Waals surface area (Å²) in [6, 6.07) is 15.0. The van der Waals surface area contributed by atoms with Crippen LogP contribution in [0.1, 0.15) is 42.7 Å². The average Bonchev–Trinajstić information content (AvgIpc) is 3.48. The van der Waals surface area contributed by atoms with Gasteiger partial charge in [0.1, 0.15) is 6.61 Å². The molecule has 33 heavy (non-hydrogen) atoms. The van der Waals surface area contributed by atoms with Gasteiger partial charge in [-0.2, -0.15) is 0 Å². The number of sulfone groups is 1. The van der Waals surface area contributed by atoms with Crippen LogP contribution in [0.25, 0.3) is 0 Å². The molecule has 178 valence electrons. The molecule has 2 atom stereocenters. The third kappa shape index (κ3) is 5.61. The zero-order chi connectivity index (χ0) is 23.4. The summed E-state index contributed by atoms with van der Waals surface area (Å²) >= 11 is 0. The molecule has 1 saturated carbocycles. The van der Waals surface area contributed by atoms with Crippen LogP contribution in [0.3, 0.4) is 0 Å². The van der Waals surface area contributed by atoms with Gasteiger partial charge in [0.2, 0.25) is 0 Å². The summed E-state index contributed by atoms with van der Waals surface area (Å²) < 4.78 is 42.4. The van der Waals surface area contributed by atoms with Crippen molar-refractivity contribution >= 4 is 15.9 Å². The fourth-order valence-electron chi connectivity index (χ4n) is 4.69. The number of hydrogen-bond donors (Lipinski definition) is 0. The molecule has 0 radical (unpaired) electrons. The summed E-state index contributed by atoms with van der Waals surface area (Å²) in [5.41, 5.74) is 1.70. The Morgan fingerprint density at radius 3 is 2.42 bits per heavy atom. The van der Waals surface area contributed by atoms with Crippen LogP contribution in [0.4, 0.5) is 4.79 Å². The van der Waals surface area contributed by atoms with Crippen LogP contribution in [0, 0.1) is 0 Å². The van der Waals surface area contributed by atoms with Gasteiger partial charge in [0.05, 0.1) is 18.5 Å². The van der Waals surface area contributed by atoms with Crippen LogP contribution < -0.4 is 9.47 Å². The lowest BCUT2D eigenvalue weighted by Gasteiger charge is -2.21. The fraction of sp³-hybridized carbons (Fsp3) is 0.480. The van der Waals surface area contributed by atoms with Gasteiger partial charge in [-0.15, -0.1) is 0 Å². The van der Waals surface area contributed by atoms with Crippen molar-refractivity contribution in [1.82, 2.24) is 4.90 Å². The maximum Gasteiger partial charge on any atom is 0.410 e. The standard InChI is InChI=1S/C25H31NO6S/c1-30-22-13-12-19(14-23(22)32-20-10-6-7-11-20)21-15-26(16-24(21)33(2,28)29)25(27)31-17-18-8-4-3-5-9-18/h3-5,8-9,12-14,20-21,24H,6-7,10-11,15-17H2,1-2H3. The Hall–Kier alpha value is -2.74. The van der Waals surface area contributed by atoms with Crippen molar-refractivity contribution in [3.63, 3.8) is 0 Å². The van der Waals surface area contributed by atoms with E-state index in [0.717, 1.165) is 36.8 Å². The number of benzene rings is 2. The Morgan fingerprint density at radius 1 is 1.03 bits per heavy atom. The van der Waals surface area contributed by atoms with E-state index in [1.54, 1.807) is 7.11 Å². The third-order valence-corrected chi connectivity index (χ3v) is 8.07. The van der Waals surface area contributed by atoms with E-state index >= 15 is 0 Å². The van der Waals surface area contributed by atoms with Gasteiger partial charge in [-0.05, 0) is 48.9 Å². The Bertz CT molecular complexity index is 1070. The van der Waals surface area contributed by atoms with Gasteiger partial charge in [0.25, 0.3) is 0 Å². The zero-order valence-electron chi connectivity index (χ0n) is 19.1. The summed E-state index contributed by atoms with van der Waals surface area (Å²) in [7, 11) is -1.81. The fourth-order valence-corrected chi connectivity index (χ4v) is 5.98. The van der Waals surface area contributed by atoms with E-state index in [1.165, 1.54) is 11.2 Å². The number of methoxy groups -OCH3 is 1. The maximum atomic E-state index is 12.7. The van der Waals surface area contributed by atoms with Crippen LogP contribution in [-0.2, 0) is 21.2 Å². The predicted molar refractivity (Wildman–Crippen MR) is 125 cm³/mol. The van der Waals surface area contributed by atoms with Crippen LogP contribution in [0.2, 0.25) is 0 Å². The topological polar surface area (TPSA) is 82.1 Å². The SMILES string of the molecule is COc1ccc(C2CN(C(=O)OCc3ccccc3)CC2S(C)(=O)=O)cc1OC1CCCC1. The van der Waals surface area contributed by atoms with Crippen LogP contribution in [0.15, 0.2) is 48.5 Å². The molecule has 0 aromatic heterocycles. The van der Waals surface area contributed by atoms with Crippen molar-refractivity contribution in [3.05, 3.63) is 59.7 Å². The molecule has 1 amide bonds. The highest BCUT2D eigenvalue weighted by Gasteiger charge is 2.42. The number of amides is 1. The van der Waals surface area contributed by atoms with Crippen molar-refractivity contribution < 1.29 is 27.4 Å². The molecule has 0 bridgehead atoms. The van der Waals surface area contributed by atoms with E-state index in [0.29, 0.717) is 11.5 Å². The molecular formula is C25H31NO6S. The summed E-state index contributed by atoms with van der Waals surface area (Å²) in [5.74, 6) is 0.874. The number of ether oxygens (including phenoxy) is 3. The molecule has 1 saturated heterocycles. The molecule has 2 aromatic carbocycles. The number of carbonyl (C=O) groups is 1. The Morgan fingerprint density at radius 2 is 1.76 bits per heavy atom. The molecule has 1 aliphatic carbocycles. The highest BCUT2D eigenvalue weighted by atomic mass is 32.2. The van der Waals surface area contributed by atoms with E-state index in [9.17, 15) is 13.2 Å². The molecule has 1 heterocycles. The lowest BCUT2D eigenvalue weighted by Crippen LogP contribution is -2.32. The van der Waals surface area contributed by atoms with Crippen molar-refractivity contribution in [2.45, 2.75) is 49.6 Å². The average molecular weight is 474 g/mol. The summed E-state index contributed by atoms with van der Waals surface area (Å²) in [5, 5.41) is -0.713. The smallest absolute Gasteiger partial charge is 0.410 e. The third-order valence-electron chi connectivity index (χ3n) is 6.49. The first-order chi connectivity index (χ1) is 15.8. The van der Waals surface area contributed by atoms with Gasteiger partial charge in [-0.25, -0.2) is 13.2 Å². The second-order valence-corrected chi connectivity index (χ2v) is 11.1. The van der Waals surface area contributed by atoms with Gasteiger partial charge in [-0.3, -0.25) is 0 Å². The van der Waals surface area contributed by atoms with Gasteiger partial charge >= 0.3 is 6.09 Å². The highest BCUT2D eigenvalue weighted by molar-refractivity contribution is 7.91. The normalized spacial score (nSPS) is 21.2. The van der Waals surface area contributed by atoms with E-state index < -0.39 is 21.2 Å². The predicted octanol–water partition coefficient (Wildman–Crippen LogP) is 4.17. The largest absolute Gasteiger partial charge is 0.493 e. The van der Waals surface area contributed by atoms with Crippen molar-refractivity contribution in [2.75, 3.05) is 26.5 Å². The lowest BCUT2D eigenvalue weighted by molar-refractivity contribution is 0.104. The van der Waals surface area contributed by atoms with Gasteiger partial charge in [-0.1, -0.05) is 36.4 Å². The van der Waals surface area contributed by atoms with Crippen LogP contribution >= 0.6 is 0 Å². The highest BCUT2D eigenvalue weighted by Crippen LogP contribution is 2.38. The molecule has 7 nitrogen and oxygen atoms in total. The van der Waals surface area contributed by atoms with Crippen molar-refractivity contribution in [2.24, 2.45) is 0 Å². The summed E-state index contributed by atoms with van der Waals surface area (Å²) in [6.45, 7) is 0.509. The lowest BCUT2D eigenvalue weighted by atomic mass is 9.97. The molecule has 0 N–H and O–H groups in total. The maximum absolute atomic E-state index is 12.7. The second kappa shape index (κ2) is 10.0. The van der Waals surface area contributed by atoms with Gasteiger partial charge < -0.3 is 19.1 Å². The van der Waals surface area contributed by atoms with Gasteiger partial charge in [0, 0.05) is 25.3 Å². The minimum Gasteiger partial charge on any atom is -0.493 e. The van der Waals surface area contributed by atoms with E-state index in [4.69, 9.17) is 14.2 Å². The second-order valence-electron chi connectivity index (χ2n) is 8.85. The Balaban J connectivity index is 1.53. The van der Waals surface area contributed by atoms with Crippen molar-refractivity contribution in [1.29, 1.82) is 0 Å². The molecule has 0 spiro atoms.